The molecule has 0 saturated heterocycles. The van der Waals surface area contributed by atoms with Crippen LogP contribution in [0.1, 0.15) is 33.1 Å². The van der Waals surface area contributed by atoms with Gasteiger partial charge in [-0.15, -0.1) is 0 Å². The van der Waals surface area contributed by atoms with E-state index in [-0.39, 0.29) is 24.7 Å². The number of hydrogen-bond donors (Lipinski definition) is 1. The molecule has 3 atom stereocenters. The summed E-state index contributed by atoms with van der Waals surface area (Å²) in [7, 11) is -0.657. The number of ether oxygens (including phenoxy) is 1. The Balaban J connectivity index is 0.00000154. The minimum absolute atomic E-state index is 0.197. The van der Waals surface area contributed by atoms with Crippen LogP contribution < -0.4 is 0 Å². The monoisotopic (exact) mass is 296 g/mol. The maximum absolute atomic E-state index is 13.0. The molecule has 0 aromatic carbocycles. The molecule has 1 saturated carbocycles. The Bertz CT molecular complexity index is 266. The molecule has 1 aliphatic carbocycles. The first-order valence-electron chi connectivity index (χ1n) is 6.94. The zero-order valence-electron chi connectivity index (χ0n) is 12.8. The van der Waals surface area contributed by atoms with E-state index < -0.39 is 22.3 Å². The van der Waals surface area contributed by atoms with Crippen LogP contribution in [0.3, 0.4) is 0 Å². The zero-order chi connectivity index (χ0) is 15.1. The normalized spacial score (nSPS) is 28.1. The second-order valence-corrected chi connectivity index (χ2v) is 10.1. The highest BCUT2D eigenvalue weighted by molar-refractivity contribution is 8.32. The van der Waals surface area contributed by atoms with Gasteiger partial charge in [0, 0.05) is 5.75 Å². The molecule has 19 heavy (non-hydrogen) atoms. The highest BCUT2D eigenvalue weighted by atomic mass is 32.3. The molecule has 0 spiro atoms. The highest BCUT2D eigenvalue weighted by Crippen LogP contribution is 2.34. The van der Waals surface area contributed by atoms with Crippen molar-refractivity contribution in [1.82, 2.24) is 0 Å². The number of halogens is 1. The molecule has 0 aromatic heterocycles. The third-order valence-electron chi connectivity index (χ3n) is 3.01. The van der Waals surface area contributed by atoms with Gasteiger partial charge in [-0.2, -0.15) is 0 Å². The SMILES string of the molecule is CC.CS(C)(C)CCOC(=O)C1CCC(F)C(O)C1. The second-order valence-electron chi connectivity index (χ2n) is 5.56. The van der Waals surface area contributed by atoms with Crippen molar-refractivity contribution in [2.45, 2.75) is 45.4 Å². The molecule has 116 valence electrons. The van der Waals surface area contributed by atoms with Crippen LogP contribution in [0.2, 0.25) is 0 Å². The number of esters is 1. The maximum Gasteiger partial charge on any atom is 0.309 e. The summed E-state index contributed by atoms with van der Waals surface area (Å²) in [5.74, 6) is 0.284. The summed E-state index contributed by atoms with van der Waals surface area (Å²) < 4.78 is 18.2. The fourth-order valence-electron chi connectivity index (χ4n) is 1.83. The van der Waals surface area contributed by atoms with Gasteiger partial charge >= 0.3 is 5.97 Å². The molecule has 0 amide bonds. The molecule has 5 heteroatoms. The van der Waals surface area contributed by atoms with Gasteiger partial charge in [0.2, 0.25) is 0 Å². The smallest absolute Gasteiger partial charge is 0.309 e. The molecular formula is C14H29FO3S. The lowest BCUT2D eigenvalue weighted by Crippen LogP contribution is -2.35. The first-order chi connectivity index (χ1) is 8.79. The Morgan fingerprint density at radius 3 is 2.37 bits per heavy atom. The second kappa shape index (κ2) is 8.80. The van der Waals surface area contributed by atoms with Gasteiger partial charge in [-0.25, -0.2) is 14.4 Å². The van der Waals surface area contributed by atoms with Crippen LogP contribution in [0.15, 0.2) is 0 Å². The summed E-state index contributed by atoms with van der Waals surface area (Å²) in [6, 6.07) is 0. The lowest BCUT2D eigenvalue weighted by Gasteiger charge is -2.28. The fraction of sp³-hybridized carbons (Fsp3) is 0.929. The predicted molar refractivity (Wildman–Crippen MR) is 80.8 cm³/mol. The number of aliphatic hydroxyl groups is 1. The van der Waals surface area contributed by atoms with E-state index in [1.54, 1.807) is 0 Å². The molecule has 3 nitrogen and oxygen atoms in total. The molecule has 1 N–H and O–H groups in total. The van der Waals surface area contributed by atoms with Gasteiger partial charge in [-0.05, 0) is 38.0 Å². The van der Waals surface area contributed by atoms with Crippen molar-refractivity contribution < 1.29 is 19.0 Å². The number of rotatable bonds is 4. The van der Waals surface area contributed by atoms with Crippen LogP contribution in [-0.2, 0) is 9.53 Å². The average molecular weight is 296 g/mol. The molecular weight excluding hydrogens is 267 g/mol. The Morgan fingerprint density at radius 2 is 1.89 bits per heavy atom. The average Bonchev–Trinajstić information content (AvgIpc) is 2.33. The van der Waals surface area contributed by atoms with Crippen molar-refractivity contribution in [2.75, 3.05) is 31.1 Å². The number of aliphatic hydroxyl groups excluding tert-OH is 1. The van der Waals surface area contributed by atoms with Crippen molar-refractivity contribution in [3.63, 3.8) is 0 Å². The highest BCUT2D eigenvalue weighted by Gasteiger charge is 2.33. The van der Waals surface area contributed by atoms with Gasteiger partial charge in [0.1, 0.15) is 6.17 Å². The van der Waals surface area contributed by atoms with Gasteiger partial charge < -0.3 is 9.84 Å². The van der Waals surface area contributed by atoms with Crippen LogP contribution in [0.25, 0.3) is 0 Å². The molecule has 1 fully saturated rings. The molecule has 1 rings (SSSR count). The Morgan fingerprint density at radius 1 is 1.32 bits per heavy atom. The summed E-state index contributed by atoms with van der Waals surface area (Å²) in [5.41, 5.74) is 0. The van der Waals surface area contributed by atoms with E-state index in [2.05, 4.69) is 18.8 Å². The van der Waals surface area contributed by atoms with E-state index in [9.17, 15) is 14.3 Å². The van der Waals surface area contributed by atoms with Crippen LogP contribution >= 0.6 is 10.0 Å². The molecule has 0 heterocycles. The molecule has 3 unspecified atom stereocenters. The standard InChI is InChI=1S/C12H23FO3S.C2H6/c1-17(2,3)7-6-16-12(15)9-4-5-10(13)11(14)8-9;1-2/h9-11,14H,4-8H2,1-3H3;1-2H3. The minimum Gasteiger partial charge on any atom is -0.465 e. The fourth-order valence-corrected chi connectivity index (χ4v) is 2.42. The van der Waals surface area contributed by atoms with Crippen molar-refractivity contribution in [3.05, 3.63) is 0 Å². The zero-order valence-corrected chi connectivity index (χ0v) is 13.6. The van der Waals surface area contributed by atoms with Crippen molar-refractivity contribution in [3.8, 4) is 0 Å². The molecule has 0 bridgehead atoms. The summed E-state index contributed by atoms with van der Waals surface area (Å²) in [6.45, 7) is 4.43. The Kier molecular flexibility index (Phi) is 8.66. The van der Waals surface area contributed by atoms with Gasteiger partial charge in [-0.1, -0.05) is 13.8 Å². The van der Waals surface area contributed by atoms with Crippen LogP contribution in [0.5, 0.6) is 0 Å². The number of carbonyl (C=O) groups is 1. The van der Waals surface area contributed by atoms with E-state index in [4.69, 9.17) is 4.74 Å². The molecule has 1 aliphatic rings. The largest absolute Gasteiger partial charge is 0.465 e. The van der Waals surface area contributed by atoms with E-state index in [1.807, 2.05) is 13.8 Å². The van der Waals surface area contributed by atoms with Crippen LogP contribution in [-0.4, -0.2) is 54.5 Å². The minimum atomic E-state index is -1.18. The van der Waals surface area contributed by atoms with E-state index in [1.165, 1.54) is 0 Å². The summed E-state index contributed by atoms with van der Waals surface area (Å²) >= 11 is 0. The lowest BCUT2D eigenvalue weighted by molar-refractivity contribution is -0.151. The number of alkyl halides is 1. The molecule has 0 aliphatic heterocycles. The van der Waals surface area contributed by atoms with Crippen LogP contribution in [0, 0.1) is 5.92 Å². The van der Waals surface area contributed by atoms with Crippen LogP contribution in [0.4, 0.5) is 4.39 Å². The summed E-state index contributed by atoms with van der Waals surface area (Å²) in [5, 5.41) is 9.37. The van der Waals surface area contributed by atoms with Crippen molar-refractivity contribution in [1.29, 1.82) is 0 Å². The van der Waals surface area contributed by atoms with Gasteiger partial charge in [0.25, 0.3) is 0 Å². The summed E-state index contributed by atoms with van der Waals surface area (Å²) in [4.78, 5) is 11.7. The number of carbonyl (C=O) groups excluding carboxylic acids is 1. The molecule has 0 radical (unpaired) electrons. The van der Waals surface area contributed by atoms with E-state index in [0.29, 0.717) is 13.0 Å². The molecule has 0 aromatic rings. The van der Waals surface area contributed by atoms with Gasteiger partial charge in [-0.3, -0.25) is 4.79 Å². The van der Waals surface area contributed by atoms with Crippen molar-refractivity contribution in [2.24, 2.45) is 5.92 Å². The summed E-state index contributed by atoms with van der Waals surface area (Å²) in [6.07, 6.45) is 5.25. The van der Waals surface area contributed by atoms with Gasteiger partial charge in [0.05, 0.1) is 18.6 Å². The lowest BCUT2D eigenvalue weighted by atomic mass is 9.86. The van der Waals surface area contributed by atoms with Crippen molar-refractivity contribution >= 4 is 16.0 Å². The maximum atomic E-state index is 13.0. The Labute approximate surface area is 118 Å². The van der Waals surface area contributed by atoms with E-state index in [0.717, 1.165) is 5.75 Å². The predicted octanol–water partition coefficient (Wildman–Crippen LogP) is 2.75. The topological polar surface area (TPSA) is 46.5 Å². The van der Waals surface area contributed by atoms with E-state index >= 15 is 0 Å². The third-order valence-corrected chi connectivity index (χ3v) is 4.40. The quantitative estimate of drug-likeness (QED) is 0.811. The first kappa shape index (κ1) is 18.7. The van der Waals surface area contributed by atoms with Gasteiger partial charge in [0.15, 0.2) is 0 Å². The number of hydrogen-bond acceptors (Lipinski definition) is 3. The third kappa shape index (κ3) is 7.78. The first-order valence-corrected chi connectivity index (χ1v) is 9.97. The Hall–Kier alpha value is -0.290.